The van der Waals surface area contributed by atoms with Crippen LogP contribution in [0.1, 0.15) is 27.4 Å². The molecule has 0 aliphatic rings. The second-order valence-corrected chi connectivity index (χ2v) is 6.45. The van der Waals surface area contributed by atoms with Crippen LogP contribution in [0.3, 0.4) is 0 Å². The van der Waals surface area contributed by atoms with Crippen molar-refractivity contribution in [1.29, 1.82) is 0 Å². The first-order valence-electron chi connectivity index (χ1n) is 8.25. The lowest BCUT2D eigenvalue weighted by Crippen LogP contribution is -2.37. The zero-order valence-corrected chi connectivity index (χ0v) is 15.2. The molecule has 0 aliphatic heterocycles. The molecule has 0 spiro atoms. The van der Waals surface area contributed by atoms with E-state index >= 15 is 0 Å². The zero-order chi connectivity index (χ0) is 18.4. The van der Waals surface area contributed by atoms with Gasteiger partial charge < -0.3 is 24.5 Å². The van der Waals surface area contributed by atoms with Crippen LogP contribution in [-0.4, -0.2) is 49.2 Å². The van der Waals surface area contributed by atoms with Crippen LogP contribution >= 0.6 is 0 Å². The molecule has 0 saturated carbocycles. The number of ether oxygens (including phenoxy) is 1. The number of likely N-dealkylation sites (N-methyl/N-ethyl adjacent to an activating group) is 1. The van der Waals surface area contributed by atoms with Crippen LogP contribution in [-0.2, 0) is 6.61 Å². The van der Waals surface area contributed by atoms with E-state index < -0.39 is 6.10 Å². The molecule has 0 fully saturated rings. The topological polar surface area (TPSA) is 74.9 Å². The Morgan fingerprint density at radius 2 is 2.04 bits per heavy atom. The largest absolute Gasteiger partial charge is 0.485 e. The molecule has 1 unspecified atom stereocenters. The third kappa shape index (κ3) is 5.92. The van der Waals surface area contributed by atoms with Gasteiger partial charge in [0.25, 0.3) is 5.91 Å². The minimum atomic E-state index is -0.624. The van der Waals surface area contributed by atoms with Crippen LogP contribution < -0.4 is 10.1 Å². The molecule has 0 bridgehead atoms. The van der Waals surface area contributed by atoms with Crippen molar-refractivity contribution in [3.05, 3.63) is 53.0 Å². The first-order valence-corrected chi connectivity index (χ1v) is 8.25. The average molecular weight is 346 g/mol. The maximum absolute atomic E-state index is 12.1. The molecule has 1 atom stereocenters. The molecule has 2 aromatic rings. The van der Waals surface area contributed by atoms with Crippen LogP contribution in [0.25, 0.3) is 0 Å². The minimum absolute atomic E-state index is 0.173. The van der Waals surface area contributed by atoms with Gasteiger partial charge in [-0.05, 0) is 57.3 Å². The quantitative estimate of drug-likeness (QED) is 0.766. The summed E-state index contributed by atoms with van der Waals surface area (Å²) in [6, 6.07) is 9.33. The van der Waals surface area contributed by atoms with Crippen molar-refractivity contribution < 1.29 is 19.1 Å². The van der Waals surface area contributed by atoms with E-state index in [9.17, 15) is 9.90 Å². The zero-order valence-electron chi connectivity index (χ0n) is 15.2. The summed E-state index contributed by atoms with van der Waals surface area (Å²) in [7, 11) is 3.72. The van der Waals surface area contributed by atoms with Crippen molar-refractivity contribution >= 4 is 5.91 Å². The number of amides is 1. The Balaban J connectivity index is 1.87. The number of aliphatic hydroxyl groups is 1. The van der Waals surface area contributed by atoms with Crippen LogP contribution in [0, 0.1) is 13.8 Å². The molecule has 6 nitrogen and oxygen atoms in total. The Morgan fingerprint density at radius 1 is 1.28 bits per heavy atom. The molecule has 2 rings (SSSR count). The first-order chi connectivity index (χ1) is 11.8. The molecular formula is C19H26N2O4. The van der Waals surface area contributed by atoms with Crippen LogP contribution in [0.4, 0.5) is 0 Å². The van der Waals surface area contributed by atoms with Gasteiger partial charge in [0.1, 0.15) is 18.1 Å². The fraction of sp³-hybridized carbons (Fsp3) is 0.421. The normalized spacial score (nSPS) is 12.2. The molecule has 1 aromatic heterocycles. The molecule has 2 N–H and O–H groups in total. The van der Waals surface area contributed by atoms with Gasteiger partial charge in [0, 0.05) is 13.1 Å². The summed E-state index contributed by atoms with van der Waals surface area (Å²) in [5.41, 5.74) is 2.17. The molecular weight excluding hydrogens is 320 g/mol. The number of carbonyl (C=O) groups excluding carboxylic acids is 1. The Labute approximate surface area is 148 Å². The van der Waals surface area contributed by atoms with E-state index in [4.69, 9.17) is 9.15 Å². The van der Waals surface area contributed by atoms with E-state index in [1.165, 1.54) is 0 Å². The molecule has 1 aromatic carbocycles. The van der Waals surface area contributed by atoms with E-state index in [1.807, 2.05) is 51.0 Å². The third-order valence-corrected chi connectivity index (χ3v) is 3.67. The Bertz CT molecular complexity index is 709. The molecule has 1 amide bonds. The SMILES string of the molecule is Cc1ccc(C)c(OCc2ccc(C(=O)NCC(O)CN(C)C)o2)c1. The Hall–Kier alpha value is -2.31. The van der Waals surface area contributed by atoms with E-state index in [0.717, 1.165) is 16.9 Å². The van der Waals surface area contributed by atoms with Gasteiger partial charge >= 0.3 is 0 Å². The number of furan rings is 1. The maximum Gasteiger partial charge on any atom is 0.287 e. The summed E-state index contributed by atoms with van der Waals surface area (Å²) < 4.78 is 11.3. The predicted molar refractivity (Wildman–Crippen MR) is 95.9 cm³/mol. The first kappa shape index (κ1) is 19.0. The Morgan fingerprint density at radius 3 is 2.76 bits per heavy atom. The minimum Gasteiger partial charge on any atom is -0.485 e. The molecule has 1 heterocycles. The lowest BCUT2D eigenvalue weighted by atomic mass is 10.1. The monoisotopic (exact) mass is 346 g/mol. The highest BCUT2D eigenvalue weighted by molar-refractivity contribution is 5.91. The van der Waals surface area contributed by atoms with Crippen molar-refractivity contribution in [3.63, 3.8) is 0 Å². The molecule has 6 heteroatoms. The van der Waals surface area contributed by atoms with Gasteiger partial charge in [0.05, 0.1) is 6.10 Å². The fourth-order valence-corrected chi connectivity index (χ4v) is 2.37. The molecule has 0 radical (unpaired) electrons. The van der Waals surface area contributed by atoms with Crippen LogP contribution in [0.5, 0.6) is 5.75 Å². The summed E-state index contributed by atoms with van der Waals surface area (Å²) >= 11 is 0. The highest BCUT2D eigenvalue weighted by Gasteiger charge is 2.14. The van der Waals surface area contributed by atoms with Crippen molar-refractivity contribution in [3.8, 4) is 5.75 Å². The summed E-state index contributed by atoms with van der Waals surface area (Å²) in [6.07, 6.45) is -0.624. The highest BCUT2D eigenvalue weighted by Crippen LogP contribution is 2.21. The number of carbonyl (C=O) groups is 1. The van der Waals surface area contributed by atoms with Gasteiger partial charge in [-0.2, -0.15) is 0 Å². The van der Waals surface area contributed by atoms with Gasteiger partial charge in [-0.3, -0.25) is 4.79 Å². The third-order valence-electron chi connectivity index (χ3n) is 3.67. The maximum atomic E-state index is 12.1. The fourth-order valence-electron chi connectivity index (χ4n) is 2.37. The summed E-state index contributed by atoms with van der Waals surface area (Å²) in [5.74, 6) is 1.22. The molecule has 25 heavy (non-hydrogen) atoms. The van der Waals surface area contributed by atoms with Crippen molar-refractivity contribution in [1.82, 2.24) is 10.2 Å². The number of aliphatic hydroxyl groups excluding tert-OH is 1. The number of hydrogen-bond acceptors (Lipinski definition) is 5. The van der Waals surface area contributed by atoms with Gasteiger partial charge in [0.2, 0.25) is 0 Å². The summed E-state index contributed by atoms with van der Waals surface area (Å²) in [5, 5.41) is 12.4. The average Bonchev–Trinajstić information content (AvgIpc) is 3.02. The van der Waals surface area contributed by atoms with Crippen molar-refractivity contribution in [2.45, 2.75) is 26.6 Å². The second-order valence-electron chi connectivity index (χ2n) is 6.45. The van der Waals surface area contributed by atoms with Gasteiger partial charge in [-0.1, -0.05) is 12.1 Å². The smallest absolute Gasteiger partial charge is 0.287 e. The summed E-state index contributed by atoms with van der Waals surface area (Å²) in [6.45, 7) is 4.89. The number of aryl methyl sites for hydroxylation is 2. The van der Waals surface area contributed by atoms with Crippen LogP contribution in [0.2, 0.25) is 0 Å². The lowest BCUT2D eigenvalue weighted by Gasteiger charge is -2.15. The number of hydrogen-bond donors (Lipinski definition) is 2. The lowest BCUT2D eigenvalue weighted by molar-refractivity contribution is 0.0862. The molecule has 0 saturated heterocycles. The van der Waals surface area contributed by atoms with Gasteiger partial charge in [0.15, 0.2) is 5.76 Å². The van der Waals surface area contributed by atoms with E-state index in [0.29, 0.717) is 12.3 Å². The van der Waals surface area contributed by atoms with Gasteiger partial charge in [-0.15, -0.1) is 0 Å². The number of nitrogens with zero attached hydrogens (tertiary/aromatic N) is 1. The molecule has 136 valence electrons. The second kappa shape index (κ2) is 8.69. The summed E-state index contributed by atoms with van der Waals surface area (Å²) in [4.78, 5) is 13.9. The van der Waals surface area contributed by atoms with E-state index in [2.05, 4.69) is 5.32 Å². The number of benzene rings is 1. The standard InChI is InChI=1S/C19H26N2O4/c1-13-5-6-14(2)18(9-13)24-12-16-7-8-17(25-16)19(23)20-10-15(22)11-21(3)4/h5-9,15,22H,10-12H2,1-4H3,(H,20,23). The number of nitrogens with one attached hydrogen (secondary N) is 1. The molecule has 0 aliphatic carbocycles. The number of rotatable bonds is 8. The van der Waals surface area contributed by atoms with Gasteiger partial charge in [-0.25, -0.2) is 0 Å². The predicted octanol–water partition coefficient (Wildman–Crippen LogP) is 2.13. The van der Waals surface area contributed by atoms with E-state index in [-0.39, 0.29) is 24.8 Å². The van der Waals surface area contributed by atoms with Crippen molar-refractivity contribution in [2.75, 3.05) is 27.2 Å². The van der Waals surface area contributed by atoms with E-state index in [1.54, 1.807) is 12.1 Å². The Kier molecular flexibility index (Phi) is 6.61. The van der Waals surface area contributed by atoms with Crippen LogP contribution in [0.15, 0.2) is 34.7 Å². The van der Waals surface area contributed by atoms with Crippen molar-refractivity contribution in [2.24, 2.45) is 0 Å². The highest BCUT2D eigenvalue weighted by atomic mass is 16.5.